The number of rotatable bonds is 6. The molecule has 2 heterocycles. The van der Waals surface area contributed by atoms with Crippen LogP contribution in [-0.4, -0.2) is 60.4 Å². The van der Waals surface area contributed by atoms with Crippen molar-refractivity contribution in [2.24, 2.45) is 0 Å². The van der Waals surface area contributed by atoms with Crippen LogP contribution in [0, 0.1) is 0 Å². The molecule has 11 heteroatoms. The van der Waals surface area contributed by atoms with Crippen molar-refractivity contribution >= 4 is 45.2 Å². The van der Waals surface area contributed by atoms with Gasteiger partial charge in [0.2, 0.25) is 0 Å². The molecule has 2 aliphatic rings. The molecule has 2 aliphatic heterocycles. The Morgan fingerprint density at radius 1 is 1.03 bits per heavy atom. The number of carbonyl (C=O) groups excluding carboxylic acids is 1. The summed E-state index contributed by atoms with van der Waals surface area (Å²) in [4.78, 5) is 34.2. The molecular formula is C25H27ClN2O7S. The predicted molar refractivity (Wildman–Crippen MR) is 135 cm³/mol. The molecule has 1 unspecified atom stereocenters. The first-order valence-electron chi connectivity index (χ1n) is 11.4. The Balaban J connectivity index is 0.000000392. The van der Waals surface area contributed by atoms with Crippen molar-refractivity contribution in [3.05, 3.63) is 70.8 Å². The van der Waals surface area contributed by atoms with Gasteiger partial charge in [-0.15, -0.1) is 0 Å². The SMILES string of the molecule is CC(CN1C(=O)c2c(Cl)cccc2S1(=O)=O)c1cccc(N2CCCCC2)c1.O=C(O)C=CC(=O)O. The first kappa shape index (κ1) is 27.2. The fraction of sp³-hybridized carbons (Fsp3) is 0.320. The quantitative estimate of drug-likeness (QED) is 0.532. The van der Waals surface area contributed by atoms with E-state index in [0.29, 0.717) is 12.2 Å². The van der Waals surface area contributed by atoms with Gasteiger partial charge in [0.25, 0.3) is 15.9 Å². The number of anilines is 1. The van der Waals surface area contributed by atoms with Gasteiger partial charge in [0.15, 0.2) is 0 Å². The summed E-state index contributed by atoms with van der Waals surface area (Å²) in [5, 5.41) is 15.8. The zero-order valence-electron chi connectivity index (χ0n) is 19.6. The van der Waals surface area contributed by atoms with Gasteiger partial charge in [-0.2, -0.15) is 0 Å². The predicted octanol–water partition coefficient (Wildman–Crippen LogP) is 3.99. The highest BCUT2D eigenvalue weighted by molar-refractivity contribution is 7.90. The van der Waals surface area contributed by atoms with Gasteiger partial charge in [-0.25, -0.2) is 22.3 Å². The molecule has 0 spiro atoms. The molecule has 36 heavy (non-hydrogen) atoms. The number of carboxylic acids is 2. The Bertz CT molecular complexity index is 1270. The van der Waals surface area contributed by atoms with Crippen molar-refractivity contribution in [1.29, 1.82) is 0 Å². The lowest BCUT2D eigenvalue weighted by molar-refractivity contribution is -0.134. The third kappa shape index (κ3) is 6.24. The van der Waals surface area contributed by atoms with Gasteiger partial charge < -0.3 is 15.1 Å². The van der Waals surface area contributed by atoms with Gasteiger partial charge in [-0.05, 0) is 55.0 Å². The van der Waals surface area contributed by atoms with Crippen LogP contribution in [0.3, 0.4) is 0 Å². The minimum absolute atomic E-state index is 0.000678. The third-order valence-corrected chi connectivity index (χ3v) is 8.06. The second-order valence-electron chi connectivity index (χ2n) is 8.51. The molecule has 192 valence electrons. The summed E-state index contributed by atoms with van der Waals surface area (Å²) in [5.41, 5.74) is 2.26. The Morgan fingerprint density at radius 2 is 1.64 bits per heavy atom. The smallest absolute Gasteiger partial charge is 0.328 e. The summed E-state index contributed by atoms with van der Waals surface area (Å²) in [7, 11) is -3.86. The van der Waals surface area contributed by atoms with Crippen molar-refractivity contribution in [3.63, 3.8) is 0 Å². The highest BCUT2D eigenvalue weighted by Gasteiger charge is 2.43. The Labute approximate surface area is 214 Å². The number of amides is 1. The number of piperidine rings is 1. The number of aliphatic carboxylic acids is 2. The monoisotopic (exact) mass is 534 g/mol. The van der Waals surface area contributed by atoms with Crippen LogP contribution in [0.5, 0.6) is 0 Å². The number of halogens is 1. The molecular weight excluding hydrogens is 508 g/mol. The number of hydrogen-bond donors (Lipinski definition) is 2. The van der Waals surface area contributed by atoms with Crippen molar-refractivity contribution in [3.8, 4) is 0 Å². The lowest BCUT2D eigenvalue weighted by Crippen LogP contribution is -2.33. The number of hydrogen-bond acceptors (Lipinski definition) is 6. The maximum Gasteiger partial charge on any atom is 0.328 e. The third-order valence-electron chi connectivity index (χ3n) is 5.95. The highest BCUT2D eigenvalue weighted by atomic mass is 35.5. The van der Waals surface area contributed by atoms with E-state index in [2.05, 4.69) is 17.0 Å². The number of carbonyl (C=O) groups is 3. The molecule has 2 aromatic carbocycles. The van der Waals surface area contributed by atoms with Crippen molar-refractivity contribution in [1.82, 2.24) is 4.31 Å². The van der Waals surface area contributed by atoms with E-state index < -0.39 is 27.9 Å². The Morgan fingerprint density at radius 3 is 2.22 bits per heavy atom. The van der Waals surface area contributed by atoms with Crippen LogP contribution < -0.4 is 4.90 Å². The minimum atomic E-state index is -3.86. The molecule has 9 nitrogen and oxygen atoms in total. The van der Waals surface area contributed by atoms with E-state index in [1.165, 1.54) is 25.3 Å². The van der Waals surface area contributed by atoms with Crippen LogP contribution in [0.1, 0.15) is 48.0 Å². The number of fused-ring (bicyclic) bond motifs is 1. The Kier molecular flexibility index (Phi) is 8.75. The minimum Gasteiger partial charge on any atom is -0.478 e. The second-order valence-corrected chi connectivity index (χ2v) is 10.7. The lowest BCUT2D eigenvalue weighted by atomic mass is 9.99. The summed E-state index contributed by atoms with van der Waals surface area (Å²) in [5.74, 6) is -3.18. The summed E-state index contributed by atoms with van der Waals surface area (Å²) < 4.78 is 26.7. The lowest BCUT2D eigenvalue weighted by Gasteiger charge is -2.29. The zero-order chi connectivity index (χ0) is 26.5. The zero-order valence-corrected chi connectivity index (χ0v) is 21.2. The average Bonchev–Trinajstić information content (AvgIpc) is 3.05. The normalized spacial score (nSPS) is 17.3. The fourth-order valence-corrected chi connectivity index (χ4v) is 6.12. The van der Waals surface area contributed by atoms with Crippen LogP contribution in [-0.2, 0) is 19.6 Å². The standard InChI is InChI=1S/C21H23ClN2O3S.C4H4O4/c1-15(16-7-5-8-17(13-16)23-11-3-2-4-12-23)14-24-21(25)20-18(22)9-6-10-19(20)28(24,26)27;5-3(6)1-2-4(7)8/h5-10,13,15H,2-4,11-12,14H2,1H3;1-2H,(H,5,6)(H,7,8). The van der Waals surface area contributed by atoms with Crippen LogP contribution in [0.2, 0.25) is 5.02 Å². The Hall–Kier alpha value is -3.37. The van der Waals surface area contributed by atoms with Crippen molar-refractivity contribution < 1.29 is 33.0 Å². The molecule has 0 radical (unpaired) electrons. The van der Waals surface area contributed by atoms with Gasteiger partial charge in [-0.3, -0.25) is 4.79 Å². The molecule has 0 aromatic heterocycles. The highest BCUT2D eigenvalue weighted by Crippen LogP contribution is 2.36. The molecule has 0 bridgehead atoms. The van der Waals surface area contributed by atoms with Crippen molar-refractivity contribution in [2.45, 2.75) is 37.0 Å². The van der Waals surface area contributed by atoms with Gasteiger partial charge >= 0.3 is 11.9 Å². The molecule has 1 atom stereocenters. The van der Waals surface area contributed by atoms with Crippen LogP contribution in [0.15, 0.2) is 59.5 Å². The van der Waals surface area contributed by atoms with E-state index in [4.69, 9.17) is 21.8 Å². The molecule has 1 fully saturated rings. The topological polar surface area (TPSA) is 132 Å². The average molecular weight is 535 g/mol. The van der Waals surface area contributed by atoms with Gasteiger partial charge in [-0.1, -0.05) is 36.7 Å². The number of benzene rings is 2. The van der Waals surface area contributed by atoms with E-state index in [0.717, 1.165) is 28.6 Å². The van der Waals surface area contributed by atoms with E-state index in [1.54, 1.807) is 12.1 Å². The maximum absolute atomic E-state index is 12.9. The summed E-state index contributed by atoms with van der Waals surface area (Å²) in [6.07, 6.45) is 4.77. The summed E-state index contributed by atoms with van der Waals surface area (Å²) in [6.45, 7) is 4.13. The second kappa shape index (κ2) is 11.6. The number of sulfonamides is 1. The molecule has 1 amide bonds. The van der Waals surface area contributed by atoms with E-state index in [1.807, 2.05) is 19.1 Å². The molecule has 0 aliphatic carbocycles. The molecule has 4 rings (SSSR count). The number of nitrogens with zero attached hydrogens (tertiary/aromatic N) is 2. The molecule has 1 saturated heterocycles. The molecule has 2 N–H and O–H groups in total. The number of carboxylic acid groups (broad SMARTS) is 2. The fourth-order valence-electron chi connectivity index (χ4n) is 4.14. The first-order chi connectivity index (χ1) is 17.0. The summed E-state index contributed by atoms with van der Waals surface area (Å²) in [6, 6.07) is 12.7. The van der Waals surface area contributed by atoms with E-state index in [9.17, 15) is 22.8 Å². The van der Waals surface area contributed by atoms with Crippen molar-refractivity contribution in [2.75, 3.05) is 24.5 Å². The summed E-state index contributed by atoms with van der Waals surface area (Å²) >= 11 is 6.10. The van der Waals surface area contributed by atoms with Gasteiger partial charge in [0.05, 0.1) is 10.6 Å². The van der Waals surface area contributed by atoms with Crippen LogP contribution >= 0.6 is 11.6 Å². The van der Waals surface area contributed by atoms with Crippen LogP contribution in [0.4, 0.5) is 5.69 Å². The molecule has 2 aromatic rings. The largest absolute Gasteiger partial charge is 0.478 e. The van der Waals surface area contributed by atoms with Gasteiger partial charge in [0.1, 0.15) is 4.90 Å². The molecule has 0 saturated carbocycles. The maximum atomic E-state index is 12.9. The van der Waals surface area contributed by atoms with E-state index >= 15 is 0 Å². The van der Waals surface area contributed by atoms with Gasteiger partial charge in [0, 0.05) is 37.5 Å². The van der Waals surface area contributed by atoms with E-state index in [-0.39, 0.29) is 27.9 Å². The van der Waals surface area contributed by atoms with Crippen LogP contribution in [0.25, 0.3) is 0 Å². The first-order valence-corrected chi connectivity index (χ1v) is 13.2.